The van der Waals surface area contributed by atoms with E-state index in [1.165, 1.54) is 17.2 Å². The van der Waals surface area contributed by atoms with E-state index in [4.69, 9.17) is 43.2 Å². The summed E-state index contributed by atoms with van der Waals surface area (Å²) in [6, 6.07) is 19.0. The number of nitrogens with one attached hydrogen (secondary N) is 1. The van der Waals surface area contributed by atoms with Crippen LogP contribution in [-0.4, -0.2) is 99.9 Å². The fourth-order valence-corrected chi connectivity index (χ4v) is 11.0. The number of phosphoric acid groups is 3. The molecule has 0 saturated carbocycles. The lowest BCUT2D eigenvalue weighted by Gasteiger charge is -2.23. The number of nitrogens with two attached hydrogens (primary N) is 1. The molecule has 4 fully saturated rings. The van der Waals surface area contributed by atoms with Gasteiger partial charge in [0.25, 0.3) is 5.56 Å². The maximum atomic E-state index is 13.1. The van der Waals surface area contributed by atoms with E-state index >= 15 is 0 Å². The molecule has 5 aromatic rings. The average Bonchev–Trinajstić information content (AvgIpc) is 4.05. The smallest absolute Gasteiger partial charge is 0.382 e. The predicted molar refractivity (Wildman–Crippen MR) is 205 cm³/mol. The molecule has 0 spiro atoms. The Morgan fingerprint density at radius 2 is 1.27 bits per heavy atom. The highest BCUT2D eigenvalue weighted by Gasteiger charge is 2.56. The summed E-state index contributed by atoms with van der Waals surface area (Å²) < 4.78 is 96.7. The molecule has 62 heavy (non-hydrogen) atoms. The molecule has 9 rings (SSSR count). The number of fused-ring (bicyclic) bond motifs is 3. The molecular formula is C34H36N7O18P3. The van der Waals surface area contributed by atoms with E-state index in [2.05, 4.69) is 28.6 Å². The molecule has 0 radical (unpaired) electrons. The third-order valence-corrected chi connectivity index (χ3v) is 14.3. The molecule has 4 saturated heterocycles. The van der Waals surface area contributed by atoms with Gasteiger partial charge in [-0.3, -0.25) is 28.0 Å². The zero-order valence-corrected chi connectivity index (χ0v) is 34.3. The van der Waals surface area contributed by atoms with Crippen molar-refractivity contribution >= 4 is 40.4 Å². The van der Waals surface area contributed by atoms with Gasteiger partial charge in [-0.25, -0.2) is 33.4 Å². The second-order valence-corrected chi connectivity index (χ2v) is 18.8. The molecule has 7 heterocycles. The van der Waals surface area contributed by atoms with Gasteiger partial charge in [0, 0.05) is 24.2 Å². The number of aromatic amines is 1. The molecule has 25 nitrogen and oxygen atoms in total. The van der Waals surface area contributed by atoms with E-state index in [9.17, 15) is 38.0 Å². The topological polar surface area (TPSA) is 329 Å². The molecule has 0 aliphatic carbocycles. The number of nitrogens with zero attached hydrogens (tertiary/aromatic N) is 5. The van der Waals surface area contributed by atoms with Crippen molar-refractivity contribution in [2.24, 2.45) is 0 Å². The van der Waals surface area contributed by atoms with Crippen molar-refractivity contribution in [2.45, 2.75) is 68.1 Å². The van der Waals surface area contributed by atoms with Gasteiger partial charge in [0.1, 0.15) is 48.5 Å². The van der Waals surface area contributed by atoms with Crippen LogP contribution in [0.3, 0.4) is 0 Å². The van der Waals surface area contributed by atoms with E-state index in [-0.39, 0.29) is 17.0 Å². The number of aromatic nitrogens is 6. The number of nitrogen functional groups attached to an aromatic ring is 1. The van der Waals surface area contributed by atoms with Crippen molar-refractivity contribution in [3.8, 4) is 0 Å². The summed E-state index contributed by atoms with van der Waals surface area (Å²) >= 11 is 0. The second-order valence-electron chi connectivity index (χ2n) is 14.2. The zero-order valence-electron chi connectivity index (χ0n) is 31.6. The number of benzene rings is 2. The van der Waals surface area contributed by atoms with Crippen LogP contribution in [-0.2, 0) is 66.2 Å². The summed E-state index contributed by atoms with van der Waals surface area (Å²) in [6.45, 7) is -1.67. The Bertz CT molecular complexity index is 2690. The lowest BCUT2D eigenvalue weighted by atomic mass is 10.1. The predicted octanol–water partition coefficient (Wildman–Crippen LogP) is 1.96. The van der Waals surface area contributed by atoms with Gasteiger partial charge in [-0.2, -0.15) is 8.62 Å². The Morgan fingerprint density at radius 3 is 1.94 bits per heavy atom. The first-order chi connectivity index (χ1) is 29.6. The first-order valence-corrected chi connectivity index (χ1v) is 23.1. The third-order valence-electron chi connectivity index (χ3n) is 10.1. The van der Waals surface area contributed by atoms with Crippen LogP contribution >= 0.6 is 23.5 Å². The zero-order chi connectivity index (χ0) is 43.4. The van der Waals surface area contributed by atoms with Crippen LogP contribution in [0.1, 0.15) is 29.9 Å². The van der Waals surface area contributed by atoms with Gasteiger partial charge in [-0.05, 0) is 5.56 Å². The molecule has 6 unspecified atom stereocenters. The summed E-state index contributed by atoms with van der Waals surface area (Å²) in [7, 11) is -17.2. The molecule has 4 aliphatic rings. The molecule has 28 heteroatoms. The van der Waals surface area contributed by atoms with Crippen molar-refractivity contribution in [3.05, 3.63) is 118 Å². The van der Waals surface area contributed by atoms with Crippen LogP contribution in [0.2, 0.25) is 0 Å². The Balaban J connectivity index is 0.848. The molecule has 0 bridgehead atoms. The molecule has 6 N–H and O–H groups in total. The van der Waals surface area contributed by atoms with Gasteiger partial charge in [-0.1, -0.05) is 60.7 Å². The van der Waals surface area contributed by atoms with E-state index in [0.29, 0.717) is 12.0 Å². The normalized spacial score (nSPS) is 31.0. The Labute approximate surface area is 348 Å². The lowest BCUT2D eigenvalue weighted by Crippen LogP contribution is -2.36. The minimum Gasteiger partial charge on any atom is -0.382 e. The van der Waals surface area contributed by atoms with Gasteiger partial charge >= 0.3 is 29.2 Å². The first kappa shape index (κ1) is 42.9. The quantitative estimate of drug-likeness (QED) is 0.0937. The molecular weight excluding hydrogens is 887 g/mol. The lowest BCUT2D eigenvalue weighted by molar-refractivity contribution is -0.154. The number of H-pyrrole nitrogens is 1. The largest absolute Gasteiger partial charge is 0.490 e. The number of hydrogen-bond donors (Lipinski definition) is 5. The van der Waals surface area contributed by atoms with E-state index in [1.807, 2.05) is 30.3 Å². The van der Waals surface area contributed by atoms with E-state index in [1.54, 1.807) is 30.3 Å². The van der Waals surface area contributed by atoms with Crippen molar-refractivity contribution in [1.29, 1.82) is 0 Å². The fraction of sp³-hybridized carbons (Fsp3) is 0.382. The van der Waals surface area contributed by atoms with Gasteiger partial charge in [0.15, 0.2) is 36.5 Å². The van der Waals surface area contributed by atoms with Gasteiger partial charge in [-0.15, -0.1) is 0 Å². The second kappa shape index (κ2) is 17.0. The van der Waals surface area contributed by atoms with Crippen LogP contribution in [0, 0.1) is 0 Å². The van der Waals surface area contributed by atoms with Crippen LogP contribution in [0.15, 0.2) is 95.2 Å². The standard InChI is InChI=1S/C34H36N7O18P3/c35-29-24-30(37-16-36-29)41(17-38-24)32-27-25(54-23(55-27)13-18-7-3-1-4-8-18)20(53-32)14-50-60(44,45)58-62(48,49)59-61(46,47)51-15-21-26-28(57-33(56-26)19-9-5-2-6-10-19)31(52-21)40-12-11-22(42)39-34(40)43/h1-12,16-17,20-21,23,25-28,31-33H,13-15H2,(H,44,45)(H,46,47)(H,48,49)(H2,35,36,37)(H,39,42,43)/t20?,21-,23?,25-,26-,27-,28-,31-,32-,33?/m1/s1. The van der Waals surface area contributed by atoms with Gasteiger partial charge < -0.3 is 48.8 Å². The minimum atomic E-state index is -5.94. The molecule has 3 aromatic heterocycles. The van der Waals surface area contributed by atoms with Crippen LogP contribution in [0.4, 0.5) is 5.82 Å². The minimum absolute atomic E-state index is 0.102. The SMILES string of the molecule is Nc1ncnc2c1ncn2[C@@H]1OC(COP(=O)(O)OP(=O)(O)OP(=O)(O)OC[C@H]2O[C@@H](n3ccc(=O)[nH]c3=O)[C@@H]3OC(c4ccccc4)O[C@@H]32)[C@H]2OC(Cc3ccccc3)O[C@H]21. The van der Waals surface area contributed by atoms with E-state index < -0.39 is 110 Å². The number of anilines is 1. The number of rotatable bonds is 15. The maximum Gasteiger partial charge on any atom is 0.490 e. The Kier molecular flexibility index (Phi) is 11.7. The molecule has 13 atom stereocenters. The van der Waals surface area contributed by atoms with Crippen molar-refractivity contribution in [2.75, 3.05) is 18.9 Å². The fourth-order valence-electron chi connectivity index (χ4n) is 7.46. The Hall–Kier alpha value is -4.36. The number of imidazole rings is 1. The molecule has 330 valence electrons. The summed E-state index contributed by atoms with van der Waals surface area (Å²) in [5.41, 5.74) is 6.46. The summed E-state index contributed by atoms with van der Waals surface area (Å²) in [6.07, 6.45) is -6.26. The number of hydrogen-bond acceptors (Lipinski definition) is 19. The Morgan fingerprint density at radius 1 is 0.694 bits per heavy atom. The average molecular weight is 924 g/mol. The maximum absolute atomic E-state index is 13.1. The van der Waals surface area contributed by atoms with Crippen LogP contribution in [0.25, 0.3) is 11.2 Å². The molecule has 4 aliphatic heterocycles. The van der Waals surface area contributed by atoms with Gasteiger partial charge in [0.2, 0.25) is 0 Å². The first-order valence-electron chi connectivity index (χ1n) is 18.6. The van der Waals surface area contributed by atoms with Crippen molar-refractivity contribution in [1.82, 2.24) is 29.1 Å². The van der Waals surface area contributed by atoms with Crippen LogP contribution < -0.4 is 17.0 Å². The highest BCUT2D eigenvalue weighted by atomic mass is 31.3. The summed E-state index contributed by atoms with van der Waals surface area (Å²) in [5, 5.41) is 0. The highest BCUT2D eigenvalue weighted by molar-refractivity contribution is 7.66. The highest BCUT2D eigenvalue weighted by Crippen LogP contribution is 2.68. The molecule has 0 amide bonds. The monoisotopic (exact) mass is 923 g/mol. The summed E-state index contributed by atoms with van der Waals surface area (Å²) in [5.74, 6) is 0.102. The molecule has 2 aromatic carbocycles. The van der Waals surface area contributed by atoms with E-state index in [0.717, 1.165) is 22.4 Å². The number of ether oxygens (including phenoxy) is 6. The summed E-state index contributed by atoms with van der Waals surface area (Å²) in [4.78, 5) is 70.3. The van der Waals surface area contributed by atoms with Crippen molar-refractivity contribution < 1.29 is 74.5 Å². The third kappa shape index (κ3) is 9.03. The van der Waals surface area contributed by atoms with Crippen molar-refractivity contribution in [3.63, 3.8) is 0 Å². The van der Waals surface area contributed by atoms with Crippen LogP contribution in [0.5, 0.6) is 0 Å². The van der Waals surface area contributed by atoms with Gasteiger partial charge in [0.05, 0.1) is 19.5 Å². The number of phosphoric ester groups is 2.